The van der Waals surface area contributed by atoms with Crippen LogP contribution in [-0.4, -0.2) is 36.3 Å². The van der Waals surface area contributed by atoms with E-state index in [9.17, 15) is 0 Å². The SMILES string of the molecule is CC[C@@H](N)c1ccc(SCCN(C)C)cn1. The van der Waals surface area contributed by atoms with Crippen LogP contribution in [0.1, 0.15) is 25.1 Å². The maximum absolute atomic E-state index is 5.91. The summed E-state index contributed by atoms with van der Waals surface area (Å²) < 4.78 is 0. The van der Waals surface area contributed by atoms with Crippen molar-refractivity contribution < 1.29 is 0 Å². The first kappa shape index (κ1) is 13.5. The molecule has 0 aliphatic rings. The molecule has 1 heterocycles. The summed E-state index contributed by atoms with van der Waals surface area (Å²) in [5.41, 5.74) is 6.89. The number of aromatic nitrogens is 1. The van der Waals surface area contributed by atoms with Gasteiger partial charge < -0.3 is 10.6 Å². The predicted molar refractivity (Wildman–Crippen MR) is 70.7 cm³/mol. The van der Waals surface area contributed by atoms with E-state index in [4.69, 9.17) is 5.73 Å². The number of nitrogens with zero attached hydrogens (tertiary/aromatic N) is 2. The van der Waals surface area contributed by atoms with E-state index in [0.717, 1.165) is 24.4 Å². The highest BCUT2D eigenvalue weighted by atomic mass is 32.2. The summed E-state index contributed by atoms with van der Waals surface area (Å²) in [5.74, 6) is 1.09. The largest absolute Gasteiger partial charge is 0.323 e. The highest BCUT2D eigenvalue weighted by Gasteiger charge is 2.04. The van der Waals surface area contributed by atoms with Gasteiger partial charge in [-0.3, -0.25) is 4.98 Å². The van der Waals surface area contributed by atoms with E-state index in [-0.39, 0.29) is 6.04 Å². The number of nitrogens with two attached hydrogens (primary N) is 1. The molecular formula is C12H21N3S. The second-order valence-electron chi connectivity index (χ2n) is 4.09. The molecule has 3 nitrogen and oxygen atoms in total. The van der Waals surface area contributed by atoms with Gasteiger partial charge in [0.1, 0.15) is 0 Å². The molecule has 1 rings (SSSR count). The lowest BCUT2D eigenvalue weighted by Crippen LogP contribution is -2.14. The smallest absolute Gasteiger partial charge is 0.0571 e. The molecule has 0 aromatic carbocycles. The van der Waals surface area contributed by atoms with Crippen LogP contribution in [0.2, 0.25) is 0 Å². The normalized spacial score (nSPS) is 13.1. The highest BCUT2D eigenvalue weighted by Crippen LogP contribution is 2.19. The Morgan fingerprint density at radius 1 is 1.44 bits per heavy atom. The molecular weight excluding hydrogens is 218 g/mol. The first-order valence-corrected chi connectivity index (χ1v) is 6.61. The summed E-state index contributed by atoms with van der Waals surface area (Å²) in [6.45, 7) is 3.16. The quantitative estimate of drug-likeness (QED) is 0.772. The van der Waals surface area contributed by atoms with Crippen molar-refractivity contribution in [3.63, 3.8) is 0 Å². The molecule has 0 unspecified atom stereocenters. The molecule has 0 spiro atoms. The minimum Gasteiger partial charge on any atom is -0.323 e. The van der Waals surface area contributed by atoms with Crippen LogP contribution in [0.25, 0.3) is 0 Å². The topological polar surface area (TPSA) is 42.1 Å². The molecule has 0 bridgehead atoms. The zero-order valence-electron chi connectivity index (χ0n) is 10.3. The second-order valence-corrected chi connectivity index (χ2v) is 5.25. The van der Waals surface area contributed by atoms with Crippen molar-refractivity contribution in [2.45, 2.75) is 24.3 Å². The second kappa shape index (κ2) is 6.89. The molecule has 0 fully saturated rings. The molecule has 0 aliphatic heterocycles. The highest BCUT2D eigenvalue weighted by molar-refractivity contribution is 7.99. The molecule has 4 heteroatoms. The Morgan fingerprint density at radius 2 is 2.19 bits per heavy atom. The van der Waals surface area contributed by atoms with Crippen molar-refractivity contribution in [1.29, 1.82) is 0 Å². The Hall–Kier alpha value is -0.580. The van der Waals surface area contributed by atoms with E-state index in [1.165, 1.54) is 4.90 Å². The number of thioether (sulfide) groups is 1. The molecule has 90 valence electrons. The lowest BCUT2D eigenvalue weighted by molar-refractivity contribution is 0.437. The molecule has 1 aromatic heterocycles. The minimum atomic E-state index is 0.0702. The Labute approximate surface area is 102 Å². The van der Waals surface area contributed by atoms with Crippen LogP contribution < -0.4 is 5.73 Å². The number of rotatable bonds is 6. The third-order valence-corrected chi connectivity index (χ3v) is 3.35. The average molecular weight is 239 g/mol. The number of hydrogen-bond acceptors (Lipinski definition) is 4. The van der Waals surface area contributed by atoms with Crippen molar-refractivity contribution in [2.75, 3.05) is 26.4 Å². The van der Waals surface area contributed by atoms with E-state index in [1.54, 1.807) is 0 Å². The third kappa shape index (κ3) is 4.51. The molecule has 0 radical (unpaired) electrons. The van der Waals surface area contributed by atoms with Gasteiger partial charge in [0, 0.05) is 29.4 Å². The zero-order valence-corrected chi connectivity index (χ0v) is 11.1. The van der Waals surface area contributed by atoms with Crippen LogP contribution in [0.15, 0.2) is 23.2 Å². The van der Waals surface area contributed by atoms with E-state index < -0.39 is 0 Å². The van der Waals surface area contributed by atoms with Gasteiger partial charge in [-0.25, -0.2) is 0 Å². The molecule has 1 atom stereocenters. The van der Waals surface area contributed by atoms with Gasteiger partial charge in [0.2, 0.25) is 0 Å². The summed E-state index contributed by atoms with van der Waals surface area (Å²) in [4.78, 5) is 7.79. The number of pyridine rings is 1. The molecule has 1 aromatic rings. The molecule has 2 N–H and O–H groups in total. The van der Waals surface area contributed by atoms with Gasteiger partial charge in [-0.15, -0.1) is 11.8 Å². The summed E-state index contributed by atoms with van der Waals surface area (Å²) in [5, 5.41) is 0. The first-order valence-electron chi connectivity index (χ1n) is 5.62. The van der Waals surface area contributed by atoms with E-state index in [1.807, 2.05) is 24.0 Å². The monoisotopic (exact) mass is 239 g/mol. The van der Waals surface area contributed by atoms with Gasteiger partial charge in [-0.05, 0) is 32.6 Å². The van der Waals surface area contributed by atoms with Gasteiger partial charge in [0.15, 0.2) is 0 Å². The molecule has 0 aliphatic carbocycles. The van der Waals surface area contributed by atoms with Crippen molar-refractivity contribution in [2.24, 2.45) is 5.73 Å². The summed E-state index contributed by atoms with van der Waals surface area (Å²) in [6, 6.07) is 4.21. The van der Waals surface area contributed by atoms with Crippen molar-refractivity contribution in [3.8, 4) is 0 Å². The predicted octanol–water partition coefficient (Wildman–Crippen LogP) is 2.15. The zero-order chi connectivity index (χ0) is 12.0. The minimum absolute atomic E-state index is 0.0702. The summed E-state index contributed by atoms with van der Waals surface area (Å²) >= 11 is 1.83. The van der Waals surface area contributed by atoms with Gasteiger partial charge in [0.25, 0.3) is 0 Å². The fraction of sp³-hybridized carbons (Fsp3) is 0.583. The van der Waals surface area contributed by atoms with Crippen LogP contribution in [0.5, 0.6) is 0 Å². The first-order chi connectivity index (χ1) is 7.63. The van der Waals surface area contributed by atoms with E-state index in [0.29, 0.717) is 0 Å². The van der Waals surface area contributed by atoms with Crippen molar-refractivity contribution in [1.82, 2.24) is 9.88 Å². The Bertz CT molecular complexity index is 298. The van der Waals surface area contributed by atoms with Gasteiger partial charge >= 0.3 is 0 Å². The van der Waals surface area contributed by atoms with Crippen molar-refractivity contribution in [3.05, 3.63) is 24.0 Å². The van der Waals surface area contributed by atoms with Crippen LogP contribution in [-0.2, 0) is 0 Å². The lowest BCUT2D eigenvalue weighted by atomic mass is 10.1. The van der Waals surface area contributed by atoms with Crippen LogP contribution >= 0.6 is 11.8 Å². The van der Waals surface area contributed by atoms with Crippen LogP contribution in [0, 0.1) is 0 Å². The third-order valence-electron chi connectivity index (χ3n) is 2.39. The Balaban J connectivity index is 2.45. The molecule has 16 heavy (non-hydrogen) atoms. The van der Waals surface area contributed by atoms with Crippen LogP contribution in [0.4, 0.5) is 0 Å². The molecule has 0 amide bonds. The standard InChI is InChI=1S/C12H21N3S/c1-4-11(13)12-6-5-10(9-14-12)16-8-7-15(2)3/h5-6,9,11H,4,7-8,13H2,1-3H3/t11-/m1/s1. The van der Waals surface area contributed by atoms with Crippen molar-refractivity contribution >= 4 is 11.8 Å². The van der Waals surface area contributed by atoms with Gasteiger partial charge in [-0.2, -0.15) is 0 Å². The van der Waals surface area contributed by atoms with E-state index >= 15 is 0 Å². The maximum atomic E-state index is 5.91. The van der Waals surface area contributed by atoms with Crippen LogP contribution in [0.3, 0.4) is 0 Å². The fourth-order valence-electron chi connectivity index (χ4n) is 1.25. The van der Waals surface area contributed by atoms with Gasteiger partial charge in [0.05, 0.1) is 5.69 Å². The Morgan fingerprint density at radius 3 is 2.69 bits per heavy atom. The number of hydrogen-bond donors (Lipinski definition) is 1. The lowest BCUT2D eigenvalue weighted by Gasteiger charge is -2.10. The maximum Gasteiger partial charge on any atom is 0.0571 e. The fourth-order valence-corrected chi connectivity index (χ4v) is 2.24. The summed E-state index contributed by atoms with van der Waals surface area (Å²) in [7, 11) is 4.17. The summed E-state index contributed by atoms with van der Waals surface area (Å²) in [6.07, 6.45) is 2.85. The Kier molecular flexibility index (Phi) is 5.80. The molecule has 0 saturated carbocycles. The van der Waals surface area contributed by atoms with E-state index in [2.05, 4.69) is 37.0 Å². The molecule has 0 saturated heterocycles. The van der Waals surface area contributed by atoms with Gasteiger partial charge in [-0.1, -0.05) is 6.92 Å². The average Bonchev–Trinajstić information content (AvgIpc) is 2.28.